The number of hydrogen-bond acceptors (Lipinski definition) is 4. The Balaban J connectivity index is 2.77. The molecule has 1 amide bonds. The van der Waals surface area contributed by atoms with Gasteiger partial charge in [0.2, 0.25) is 5.91 Å². The van der Waals surface area contributed by atoms with Gasteiger partial charge in [-0.25, -0.2) is 0 Å². The zero-order valence-corrected chi connectivity index (χ0v) is 8.96. The molecular formula is C11H15NO4. The molecule has 0 aromatic heterocycles. The van der Waals surface area contributed by atoms with E-state index in [4.69, 9.17) is 10.5 Å². The lowest BCUT2D eigenvalue weighted by Crippen LogP contribution is -2.33. The zero-order chi connectivity index (χ0) is 12.1. The van der Waals surface area contributed by atoms with Crippen LogP contribution in [0.5, 0.6) is 5.75 Å². The average Bonchev–Trinajstić information content (AvgIpc) is 2.28. The first-order chi connectivity index (χ1) is 7.56. The quantitative estimate of drug-likeness (QED) is 0.655. The van der Waals surface area contributed by atoms with E-state index >= 15 is 0 Å². The lowest BCUT2D eigenvalue weighted by atomic mass is 10.0. The van der Waals surface area contributed by atoms with Crippen LogP contribution in [-0.4, -0.2) is 28.8 Å². The topological polar surface area (TPSA) is 92.8 Å². The number of aliphatic hydroxyl groups is 2. The van der Waals surface area contributed by atoms with Crippen molar-refractivity contribution in [3.05, 3.63) is 29.8 Å². The van der Waals surface area contributed by atoms with Crippen molar-refractivity contribution >= 4 is 5.91 Å². The number of carbonyl (C=O) groups is 1. The lowest BCUT2D eigenvalue weighted by Gasteiger charge is -2.15. The van der Waals surface area contributed by atoms with Crippen molar-refractivity contribution in [1.82, 2.24) is 0 Å². The molecule has 5 heteroatoms. The lowest BCUT2D eigenvalue weighted by molar-refractivity contribution is -0.131. The molecule has 0 aliphatic carbocycles. The van der Waals surface area contributed by atoms with Gasteiger partial charge < -0.3 is 20.7 Å². The summed E-state index contributed by atoms with van der Waals surface area (Å²) in [5.41, 5.74) is 5.29. The third-order valence-corrected chi connectivity index (χ3v) is 2.12. The average molecular weight is 225 g/mol. The maximum absolute atomic E-state index is 10.7. The number of ether oxygens (including phenoxy) is 1. The molecule has 2 unspecified atom stereocenters. The number of nitrogens with two attached hydrogens (primary N) is 1. The van der Waals surface area contributed by atoms with Gasteiger partial charge >= 0.3 is 0 Å². The first-order valence-electron chi connectivity index (χ1n) is 4.94. The Labute approximate surface area is 93.5 Å². The fourth-order valence-electron chi connectivity index (χ4n) is 1.27. The number of carbonyl (C=O) groups excluding carboxylic acids is 1. The number of amides is 1. The van der Waals surface area contributed by atoms with Gasteiger partial charge in [-0.05, 0) is 24.6 Å². The predicted octanol–water partition coefficient (Wildman–Crippen LogP) is -0.0351. The van der Waals surface area contributed by atoms with E-state index in [9.17, 15) is 15.0 Å². The Kier molecular flexibility index (Phi) is 4.28. The van der Waals surface area contributed by atoms with Crippen LogP contribution >= 0.6 is 0 Å². The van der Waals surface area contributed by atoms with Gasteiger partial charge in [0.1, 0.15) is 11.9 Å². The van der Waals surface area contributed by atoms with Crippen molar-refractivity contribution in [2.45, 2.75) is 19.1 Å². The second-order valence-corrected chi connectivity index (χ2v) is 3.29. The summed E-state index contributed by atoms with van der Waals surface area (Å²) < 4.78 is 5.21. The van der Waals surface area contributed by atoms with Gasteiger partial charge in [-0.1, -0.05) is 12.1 Å². The van der Waals surface area contributed by atoms with Gasteiger partial charge in [0.15, 0.2) is 6.10 Å². The Morgan fingerprint density at radius 3 is 2.38 bits per heavy atom. The molecule has 16 heavy (non-hydrogen) atoms. The van der Waals surface area contributed by atoms with Crippen molar-refractivity contribution in [3.63, 3.8) is 0 Å². The molecule has 0 spiro atoms. The third kappa shape index (κ3) is 2.95. The Hall–Kier alpha value is -1.59. The molecule has 1 aromatic rings. The highest BCUT2D eigenvalue weighted by molar-refractivity contribution is 5.79. The van der Waals surface area contributed by atoms with Crippen LogP contribution in [0.15, 0.2) is 24.3 Å². The van der Waals surface area contributed by atoms with Crippen LogP contribution < -0.4 is 10.5 Å². The van der Waals surface area contributed by atoms with Crippen LogP contribution in [0, 0.1) is 0 Å². The van der Waals surface area contributed by atoms with Gasteiger partial charge in [-0.2, -0.15) is 0 Å². The van der Waals surface area contributed by atoms with E-state index < -0.39 is 18.1 Å². The molecule has 0 aliphatic rings. The number of aliphatic hydroxyl groups excluding tert-OH is 2. The van der Waals surface area contributed by atoms with Gasteiger partial charge in [-0.15, -0.1) is 0 Å². The fourth-order valence-corrected chi connectivity index (χ4v) is 1.27. The molecule has 1 rings (SSSR count). The number of benzene rings is 1. The van der Waals surface area contributed by atoms with Crippen LogP contribution in [0.2, 0.25) is 0 Å². The maximum Gasteiger partial charge on any atom is 0.249 e. The van der Waals surface area contributed by atoms with Crippen molar-refractivity contribution in [3.8, 4) is 5.75 Å². The largest absolute Gasteiger partial charge is 0.494 e. The van der Waals surface area contributed by atoms with Crippen LogP contribution in [0.3, 0.4) is 0 Å². The predicted molar refractivity (Wildman–Crippen MR) is 57.8 cm³/mol. The Morgan fingerprint density at radius 1 is 1.38 bits per heavy atom. The first kappa shape index (κ1) is 12.5. The SMILES string of the molecule is CCOc1ccc(C(O)C(O)C(N)=O)cc1. The molecular weight excluding hydrogens is 210 g/mol. The maximum atomic E-state index is 10.7. The molecule has 0 heterocycles. The van der Waals surface area contributed by atoms with Gasteiger partial charge in [0.25, 0.3) is 0 Å². The van der Waals surface area contributed by atoms with Crippen molar-refractivity contribution in [1.29, 1.82) is 0 Å². The van der Waals surface area contributed by atoms with E-state index in [1.807, 2.05) is 6.92 Å². The minimum Gasteiger partial charge on any atom is -0.494 e. The molecule has 0 bridgehead atoms. The number of primary amides is 1. The minimum atomic E-state index is -1.60. The monoisotopic (exact) mass is 225 g/mol. The third-order valence-electron chi connectivity index (χ3n) is 2.12. The van der Waals surface area contributed by atoms with Gasteiger partial charge in [0, 0.05) is 0 Å². The molecule has 0 saturated carbocycles. The highest BCUT2D eigenvalue weighted by atomic mass is 16.5. The molecule has 88 valence electrons. The van der Waals surface area contributed by atoms with Crippen LogP contribution in [-0.2, 0) is 4.79 Å². The summed E-state index contributed by atoms with van der Waals surface area (Å²) >= 11 is 0. The van der Waals surface area contributed by atoms with E-state index in [0.29, 0.717) is 17.9 Å². The first-order valence-corrected chi connectivity index (χ1v) is 4.94. The molecule has 4 N–H and O–H groups in total. The van der Waals surface area contributed by atoms with Crippen molar-refractivity contribution in [2.75, 3.05) is 6.61 Å². The highest BCUT2D eigenvalue weighted by Gasteiger charge is 2.23. The summed E-state index contributed by atoms with van der Waals surface area (Å²) in [6, 6.07) is 6.44. The van der Waals surface area contributed by atoms with Gasteiger partial charge in [0.05, 0.1) is 6.61 Å². The molecule has 1 aromatic carbocycles. The van der Waals surface area contributed by atoms with Crippen LogP contribution in [0.1, 0.15) is 18.6 Å². The summed E-state index contributed by atoms with van der Waals surface area (Å²) in [7, 11) is 0. The second-order valence-electron chi connectivity index (χ2n) is 3.29. The van der Waals surface area contributed by atoms with E-state index in [0.717, 1.165) is 0 Å². The molecule has 0 radical (unpaired) electrons. The molecule has 5 nitrogen and oxygen atoms in total. The van der Waals surface area contributed by atoms with E-state index in [1.54, 1.807) is 24.3 Å². The molecule has 0 fully saturated rings. The van der Waals surface area contributed by atoms with Gasteiger partial charge in [-0.3, -0.25) is 4.79 Å². The number of rotatable bonds is 5. The zero-order valence-electron chi connectivity index (χ0n) is 8.96. The van der Waals surface area contributed by atoms with E-state index in [1.165, 1.54) is 0 Å². The summed E-state index contributed by atoms with van der Waals surface area (Å²) in [5.74, 6) is -0.298. The Bertz CT molecular complexity index is 350. The van der Waals surface area contributed by atoms with Crippen LogP contribution in [0.4, 0.5) is 0 Å². The highest BCUT2D eigenvalue weighted by Crippen LogP contribution is 2.20. The van der Waals surface area contributed by atoms with E-state index in [2.05, 4.69) is 0 Å². The van der Waals surface area contributed by atoms with E-state index in [-0.39, 0.29) is 0 Å². The molecule has 2 atom stereocenters. The molecule has 0 aliphatic heterocycles. The smallest absolute Gasteiger partial charge is 0.249 e. The summed E-state index contributed by atoms with van der Waals surface area (Å²) in [4.78, 5) is 10.7. The molecule has 0 saturated heterocycles. The van der Waals surface area contributed by atoms with Crippen molar-refractivity contribution in [2.24, 2.45) is 5.73 Å². The Morgan fingerprint density at radius 2 is 1.94 bits per heavy atom. The summed E-state index contributed by atoms with van der Waals surface area (Å²) in [5, 5.41) is 18.9. The minimum absolute atomic E-state index is 0.412. The summed E-state index contributed by atoms with van der Waals surface area (Å²) in [6.45, 7) is 2.41. The fraction of sp³-hybridized carbons (Fsp3) is 0.364. The number of hydrogen-bond donors (Lipinski definition) is 3. The summed E-state index contributed by atoms with van der Waals surface area (Å²) in [6.07, 6.45) is -2.91. The standard InChI is InChI=1S/C11H15NO4/c1-2-16-8-5-3-7(4-6-8)9(13)10(14)11(12)15/h3-6,9-10,13-14H,2H2,1H3,(H2,12,15). The second kappa shape index (κ2) is 5.48. The normalized spacial score (nSPS) is 14.2. The van der Waals surface area contributed by atoms with Crippen LogP contribution in [0.25, 0.3) is 0 Å². The van der Waals surface area contributed by atoms with Crippen molar-refractivity contribution < 1.29 is 19.7 Å².